The molecule has 1 amide bonds. The third-order valence-electron chi connectivity index (χ3n) is 4.56. The van der Waals surface area contributed by atoms with Crippen molar-refractivity contribution in [2.45, 2.75) is 37.8 Å². The summed E-state index contributed by atoms with van der Waals surface area (Å²) in [6, 6.07) is 20.3. The maximum Gasteiger partial charge on any atom is 0.230 e. The Bertz CT molecular complexity index is 736. The minimum absolute atomic E-state index is 0.0681. The van der Waals surface area contributed by atoms with Crippen molar-refractivity contribution in [1.82, 2.24) is 4.90 Å². The lowest BCUT2D eigenvalue weighted by molar-refractivity contribution is -0.130. The van der Waals surface area contributed by atoms with Crippen LogP contribution >= 0.6 is 24.0 Å². The molecule has 1 aliphatic rings. The third-order valence-corrected chi connectivity index (χ3v) is 6.11. The quantitative estimate of drug-likeness (QED) is 0.735. The van der Waals surface area contributed by atoms with Crippen molar-refractivity contribution in [2.75, 3.05) is 5.75 Å². The van der Waals surface area contributed by atoms with Crippen LogP contribution in [0.2, 0.25) is 0 Å². The summed E-state index contributed by atoms with van der Waals surface area (Å²) in [5.74, 6) is 0.751. The monoisotopic (exact) mass is 385 g/mol. The first-order valence-corrected chi connectivity index (χ1v) is 10.3. The summed E-state index contributed by atoms with van der Waals surface area (Å²) in [5.41, 5.74) is 2.37. The molecule has 2 aromatic rings. The van der Waals surface area contributed by atoms with Crippen LogP contribution in [0.15, 0.2) is 60.7 Å². The fraction of sp³-hybridized carbons (Fsp3) is 0.333. The number of aliphatic hydroxyl groups is 1. The van der Waals surface area contributed by atoms with Crippen molar-refractivity contribution in [3.8, 4) is 0 Å². The zero-order valence-corrected chi connectivity index (χ0v) is 16.2. The topological polar surface area (TPSA) is 40.5 Å². The maximum absolute atomic E-state index is 12.7. The Morgan fingerprint density at radius 1 is 1.12 bits per heavy atom. The lowest BCUT2D eigenvalue weighted by atomic mass is 10.0. The van der Waals surface area contributed by atoms with Gasteiger partial charge in [0.05, 0.1) is 18.6 Å². The molecule has 1 heterocycles. The van der Waals surface area contributed by atoms with E-state index in [0.29, 0.717) is 10.7 Å². The highest BCUT2D eigenvalue weighted by molar-refractivity contribution is 8.23. The average Bonchev–Trinajstić information content (AvgIpc) is 3.02. The van der Waals surface area contributed by atoms with E-state index in [4.69, 9.17) is 12.2 Å². The summed E-state index contributed by atoms with van der Waals surface area (Å²) in [5, 5.41) is 10.3. The van der Waals surface area contributed by atoms with E-state index in [1.807, 2.05) is 48.5 Å². The number of thiocarbonyl (C=S) groups is 1. The summed E-state index contributed by atoms with van der Waals surface area (Å²) in [4.78, 5) is 14.5. The SMILES string of the molecule is O=C(C[C@@H](O)CCc1ccccc1)N1C(=S)SC[C@@H]1Cc1ccccc1. The number of carbonyl (C=O) groups is 1. The Hall–Kier alpha value is -1.69. The fourth-order valence-corrected chi connectivity index (χ4v) is 4.63. The van der Waals surface area contributed by atoms with Gasteiger partial charge < -0.3 is 5.11 Å². The van der Waals surface area contributed by atoms with Crippen LogP contribution in [0.4, 0.5) is 0 Å². The van der Waals surface area contributed by atoms with E-state index in [9.17, 15) is 9.90 Å². The number of nitrogens with zero attached hydrogens (tertiary/aromatic N) is 1. The van der Waals surface area contributed by atoms with Crippen LogP contribution in [-0.2, 0) is 17.6 Å². The Labute approximate surface area is 164 Å². The zero-order chi connectivity index (χ0) is 18.4. The van der Waals surface area contributed by atoms with Gasteiger partial charge in [-0.05, 0) is 30.4 Å². The number of carbonyl (C=O) groups excluding carboxylic acids is 1. The molecule has 26 heavy (non-hydrogen) atoms. The average molecular weight is 386 g/mol. The summed E-state index contributed by atoms with van der Waals surface area (Å²) in [6.07, 6.45) is 1.61. The zero-order valence-electron chi connectivity index (χ0n) is 14.6. The van der Waals surface area contributed by atoms with E-state index in [0.717, 1.165) is 18.6 Å². The second-order valence-corrected chi connectivity index (χ2v) is 8.22. The number of hydrogen-bond donors (Lipinski definition) is 1. The Kier molecular flexibility index (Phi) is 6.83. The normalized spacial score (nSPS) is 18.1. The van der Waals surface area contributed by atoms with Crippen LogP contribution < -0.4 is 0 Å². The largest absolute Gasteiger partial charge is 0.393 e. The van der Waals surface area contributed by atoms with Gasteiger partial charge in [0, 0.05) is 5.75 Å². The number of aliphatic hydroxyl groups excluding tert-OH is 1. The summed E-state index contributed by atoms with van der Waals surface area (Å²) < 4.78 is 0.631. The van der Waals surface area contributed by atoms with Crippen molar-refractivity contribution in [1.29, 1.82) is 0 Å². The highest BCUT2D eigenvalue weighted by Gasteiger charge is 2.34. The van der Waals surface area contributed by atoms with Gasteiger partial charge in [-0.25, -0.2) is 0 Å². The van der Waals surface area contributed by atoms with Crippen molar-refractivity contribution in [3.63, 3.8) is 0 Å². The number of rotatable bonds is 7. The van der Waals surface area contributed by atoms with Gasteiger partial charge in [0.25, 0.3) is 0 Å². The standard InChI is InChI=1S/C21H23NO2S2/c23-19(12-11-16-7-3-1-4-8-16)14-20(24)22-18(15-26-21(22)25)13-17-9-5-2-6-10-17/h1-10,18-19,23H,11-15H2/t18-,19-/m0/s1. The van der Waals surface area contributed by atoms with Crippen LogP contribution in [0.3, 0.4) is 0 Å². The van der Waals surface area contributed by atoms with Gasteiger partial charge in [0.15, 0.2) is 0 Å². The Morgan fingerprint density at radius 2 is 1.73 bits per heavy atom. The summed E-state index contributed by atoms with van der Waals surface area (Å²) in [6.45, 7) is 0. The molecule has 5 heteroatoms. The maximum atomic E-state index is 12.7. The molecule has 136 valence electrons. The minimum atomic E-state index is -0.645. The van der Waals surface area contributed by atoms with E-state index < -0.39 is 6.10 Å². The summed E-state index contributed by atoms with van der Waals surface area (Å²) >= 11 is 6.94. The first-order chi connectivity index (χ1) is 12.6. The number of aryl methyl sites for hydroxylation is 1. The van der Waals surface area contributed by atoms with Crippen molar-refractivity contribution in [2.24, 2.45) is 0 Å². The van der Waals surface area contributed by atoms with Gasteiger partial charge in [0.1, 0.15) is 4.32 Å². The molecule has 3 nitrogen and oxygen atoms in total. The van der Waals surface area contributed by atoms with E-state index in [1.54, 1.807) is 16.7 Å². The second-order valence-electron chi connectivity index (χ2n) is 6.57. The first kappa shape index (κ1) is 19.1. The molecule has 1 fully saturated rings. The molecule has 3 rings (SSSR count). The molecule has 2 aromatic carbocycles. The molecule has 0 radical (unpaired) electrons. The van der Waals surface area contributed by atoms with Crippen LogP contribution in [0.1, 0.15) is 24.0 Å². The predicted molar refractivity (Wildman–Crippen MR) is 111 cm³/mol. The molecule has 0 unspecified atom stereocenters. The van der Waals surface area contributed by atoms with Gasteiger partial charge in [0.2, 0.25) is 5.91 Å². The van der Waals surface area contributed by atoms with E-state index in [2.05, 4.69) is 12.1 Å². The molecule has 0 saturated carbocycles. The smallest absolute Gasteiger partial charge is 0.230 e. The van der Waals surface area contributed by atoms with Crippen molar-refractivity contribution < 1.29 is 9.90 Å². The molecule has 0 spiro atoms. The van der Waals surface area contributed by atoms with Crippen LogP contribution in [0.5, 0.6) is 0 Å². The molecular formula is C21H23NO2S2. The number of hydrogen-bond acceptors (Lipinski definition) is 4. The van der Waals surface area contributed by atoms with Gasteiger partial charge in [-0.3, -0.25) is 9.69 Å². The number of thioether (sulfide) groups is 1. The number of benzene rings is 2. The lowest BCUT2D eigenvalue weighted by Gasteiger charge is -2.25. The van der Waals surface area contributed by atoms with E-state index >= 15 is 0 Å². The van der Waals surface area contributed by atoms with Crippen LogP contribution in [-0.4, -0.2) is 38.1 Å². The highest BCUT2D eigenvalue weighted by atomic mass is 32.2. The third kappa shape index (κ3) is 5.16. The molecular weight excluding hydrogens is 362 g/mol. The second kappa shape index (κ2) is 9.31. The number of amides is 1. The van der Waals surface area contributed by atoms with E-state index in [-0.39, 0.29) is 18.4 Å². The fourth-order valence-electron chi connectivity index (χ4n) is 3.18. The molecule has 0 aliphatic carbocycles. The predicted octanol–water partition coefficient (Wildman–Crippen LogP) is 3.84. The Balaban J connectivity index is 1.55. The minimum Gasteiger partial charge on any atom is -0.393 e. The molecule has 0 aromatic heterocycles. The van der Waals surface area contributed by atoms with Crippen LogP contribution in [0, 0.1) is 0 Å². The highest BCUT2D eigenvalue weighted by Crippen LogP contribution is 2.28. The van der Waals surface area contributed by atoms with E-state index in [1.165, 1.54) is 11.1 Å². The lowest BCUT2D eigenvalue weighted by Crippen LogP contribution is -2.41. The molecule has 1 aliphatic heterocycles. The van der Waals surface area contributed by atoms with Crippen molar-refractivity contribution in [3.05, 3.63) is 71.8 Å². The molecule has 2 atom stereocenters. The first-order valence-electron chi connectivity index (χ1n) is 8.88. The summed E-state index contributed by atoms with van der Waals surface area (Å²) in [7, 11) is 0. The molecule has 1 N–H and O–H groups in total. The van der Waals surface area contributed by atoms with Gasteiger partial charge in [-0.1, -0.05) is 84.6 Å². The van der Waals surface area contributed by atoms with Crippen LogP contribution in [0.25, 0.3) is 0 Å². The van der Waals surface area contributed by atoms with Crippen molar-refractivity contribution >= 4 is 34.2 Å². The molecule has 0 bridgehead atoms. The van der Waals surface area contributed by atoms with Gasteiger partial charge >= 0.3 is 0 Å². The molecule has 1 saturated heterocycles. The Morgan fingerprint density at radius 3 is 2.38 bits per heavy atom. The van der Waals surface area contributed by atoms with Gasteiger partial charge in [-0.2, -0.15) is 0 Å². The van der Waals surface area contributed by atoms with Gasteiger partial charge in [-0.15, -0.1) is 0 Å².